The number of carboxylic acids is 1. The number of urea groups is 1. The van der Waals surface area contributed by atoms with E-state index in [9.17, 15) is 14.4 Å². The van der Waals surface area contributed by atoms with Gasteiger partial charge in [0.1, 0.15) is 0 Å². The second-order valence-electron chi connectivity index (χ2n) is 4.74. The van der Waals surface area contributed by atoms with Crippen LogP contribution in [0, 0.1) is 5.92 Å². The first-order chi connectivity index (χ1) is 10.0. The molecule has 1 heterocycles. The number of hydrogen-bond acceptors (Lipinski definition) is 4. The van der Waals surface area contributed by atoms with Gasteiger partial charge in [0, 0.05) is 13.1 Å². The van der Waals surface area contributed by atoms with Crippen LogP contribution in [0.25, 0.3) is 0 Å². The monoisotopic (exact) mass is 292 g/mol. The van der Waals surface area contributed by atoms with Gasteiger partial charge in [0.15, 0.2) is 0 Å². The number of rotatable bonds is 3. The normalized spacial score (nSPS) is 17.4. The molecule has 7 heteroatoms. The van der Waals surface area contributed by atoms with Gasteiger partial charge in [-0.2, -0.15) is 0 Å². The zero-order chi connectivity index (χ0) is 15.4. The molecule has 2 amide bonds. The van der Waals surface area contributed by atoms with E-state index in [0.717, 1.165) is 0 Å². The Kier molecular flexibility index (Phi) is 4.42. The number of carboxylic acid groups (broad SMARTS) is 1. The lowest BCUT2D eigenvalue weighted by Gasteiger charge is -2.17. The standard InChI is InChI=1S/C14H16N2O5/c1-21-13(19)9-6-7-16(8-9)14(20)15-11-5-3-2-4-10(11)12(17)18/h2-5,9H,6-8H2,1H3,(H,15,20)(H,17,18). The average molecular weight is 292 g/mol. The molecule has 21 heavy (non-hydrogen) atoms. The van der Waals surface area contributed by atoms with Gasteiger partial charge >= 0.3 is 18.0 Å². The number of carbonyl (C=O) groups is 3. The predicted octanol–water partition coefficient (Wildman–Crippen LogP) is 1.41. The fourth-order valence-corrected chi connectivity index (χ4v) is 2.28. The van der Waals surface area contributed by atoms with Crippen LogP contribution >= 0.6 is 0 Å². The third-order valence-corrected chi connectivity index (χ3v) is 3.41. The highest BCUT2D eigenvalue weighted by Gasteiger charge is 2.32. The van der Waals surface area contributed by atoms with Crippen LogP contribution < -0.4 is 5.32 Å². The molecule has 1 aliphatic heterocycles. The van der Waals surface area contributed by atoms with Crippen LogP contribution in [0.2, 0.25) is 0 Å². The first-order valence-electron chi connectivity index (χ1n) is 6.49. The molecule has 0 aromatic heterocycles. The predicted molar refractivity (Wildman–Crippen MR) is 74.1 cm³/mol. The number of amides is 2. The minimum atomic E-state index is -1.11. The van der Waals surface area contributed by atoms with E-state index in [1.54, 1.807) is 12.1 Å². The number of carbonyl (C=O) groups excluding carboxylic acids is 2. The summed E-state index contributed by atoms with van der Waals surface area (Å²) in [5.41, 5.74) is 0.256. The zero-order valence-electron chi connectivity index (χ0n) is 11.5. The number of esters is 1. The van der Waals surface area contributed by atoms with E-state index in [0.29, 0.717) is 13.0 Å². The van der Waals surface area contributed by atoms with Crippen LogP contribution in [0.3, 0.4) is 0 Å². The molecule has 0 spiro atoms. The molecule has 1 saturated heterocycles. The lowest BCUT2D eigenvalue weighted by atomic mass is 10.1. The number of benzene rings is 1. The Morgan fingerprint density at radius 3 is 2.71 bits per heavy atom. The van der Waals surface area contributed by atoms with Crippen LogP contribution in [-0.2, 0) is 9.53 Å². The lowest BCUT2D eigenvalue weighted by molar-refractivity contribution is -0.144. The number of nitrogens with zero attached hydrogens (tertiary/aromatic N) is 1. The maximum absolute atomic E-state index is 12.1. The van der Waals surface area contributed by atoms with Gasteiger partial charge in [-0.05, 0) is 18.6 Å². The van der Waals surface area contributed by atoms with E-state index in [-0.39, 0.29) is 29.7 Å². The first kappa shape index (κ1) is 14.8. The Morgan fingerprint density at radius 1 is 1.33 bits per heavy atom. The molecular weight excluding hydrogens is 276 g/mol. The van der Waals surface area contributed by atoms with Crippen molar-refractivity contribution in [2.45, 2.75) is 6.42 Å². The van der Waals surface area contributed by atoms with Crippen molar-refractivity contribution in [3.05, 3.63) is 29.8 Å². The van der Waals surface area contributed by atoms with Crippen molar-refractivity contribution in [3.8, 4) is 0 Å². The van der Waals surface area contributed by atoms with Crippen molar-refractivity contribution in [2.24, 2.45) is 5.92 Å². The van der Waals surface area contributed by atoms with Crippen molar-refractivity contribution in [3.63, 3.8) is 0 Å². The Bertz CT molecular complexity index is 572. The Morgan fingerprint density at radius 2 is 2.05 bits per heavy atom. The van der Waals surface area contributed by atoms with Crippen LogP contribution in [0.15, 0.2) is 24.3 Å². The average Bonchev–Trinajstić information content (AvgIpc) is 2.96. The van der Waals surface area contributed by atoms with Crippen molar-refractivity contribution in [2.75, 3.05) is 25.5 Å². The van der Waals surface area contributed by atoms with Gasteiger partial charge in [0.05, 0.1) is 24.3 Å². The van der Waals surface area contributed by atoms with Crippen molar-refractivity contribution in [1.29, 1.82) is 0 Å². The highest BCUT2D eigenvalue weighted by molar-refractivity contribution is 6.00. The van der Waals surface area contributed by atoms with Gasteiger partial charge < -0.3 is 20.1 Å². The number of methoxy groups -OCH3 is 1. The Hall–Kier alpha value is -2.57. The van der Waals surface area contributed by atoms with Gasteiger partial charge in [-0.15, -0.1) is 0 Å². The topological polar surface area (TPSA) is 95.9 Å². The van der Waals surface area contributed by atoms with Crippen molar-refractivity contribution in [1.82, 2.24) is 4.90 Å². The van der Waals surface area contributed by atoms with E-state index in [2.05, 4.69) is 10.1 Å². The second-order valence-corrected chi connectivity index (χ2v) is 4.74. The minimum absolute atomic E-state index is 0.0227. The van der Waals surface area contributed by atoms with Crippen LogP contribution in [0.1, 0.15) is 16.8 Å². The van der Waals surface area contributed by atoms with Crippen LogP contribution in [0.4, 0.5) is 10.5 Å². The molecule has 0 radical (unpaired) electrons. The molecule has 112 valence electrons. The zero-order valence-corrected chi connectivity index (χ0v) is 11.5. The molecule has 1 unspecified atom stereocenters. The molecule has 0 saturated carbocycles. The number of aromatic carboxylic acids is 1. The fourth-order valence-electron chi connectivity index (χ4n) is 2.28. The molecule has 2 rings (SSSR count). The van der Waals surface area contributed by atoms with E-state index in [1.807, 2.05) is 0 Å². The maximum Gasteiger partial charge on any atom is 0.337 e. The number of anilines is 1. The maximum atomic E-state index is 12.1. The van der Waals surface area contributed by atoms with Crippen LogP contribution in [-0.4, -0.2) is 48.2 Å². The molecule has 1 aromatic rings. The third kappa shape index (κ3) is 3.31. The first-order valence-corrected chi connectivity index (χ1v) is 6.49. The quantitative estimate of drug-likeness (QED) is 0.821. The van der Waals surface area contributed by atoms with Crippen LogP contribution in [0.5, 0.6) is 0 Å². The SMILES string of the molecule is COC(=O)C1CCN(C(=O)Nc2ccccc2C(=O)O)C1. The third-order valence-electron chi connectivity index (χ3n) is 3.41. The van der Waals surface area contributed by atoms with Gasteiger partial charge in [-0.1, -0.05) is 12.1 Å². The number of para-hydroxylation sites is 1. The molecule has 1 fully saturated rings. The summed E-state index contributed by atoms with van der Waals surface area (Å²) in [4.78, 5) is 36.1. The highest BCUT2D eigenvalue weighted by atomic mass is 16.5. The summed E-state index contributed by atoms with van der Waals surface area (Å²) >= 11 is 0. The molecule has 2 N–H and O–H groups in total. The Balaban J connectivity index is 2.03. The van der Waals surface area contributed by atoms with Gasteiger partial charge in [-0.25, -0.2) is 9.59 Å². The van der Waals surface area contributed by atoms with E-state index in [1.165, 1.54) is 24.1 Å². The largest absolute Gasteiger partial charge is 0.478 e. The molecular formula is C14H16N2O5. The summed E-state index contributed by atoms with van der Waals surface area (Å²) in [6, 6.07) is 5.75. The summed E-state index contributed by atoms with van der Waals surface area (Å²) in [7, 11) is 1.31. The summed E-state index contributed by atoms with van der Waals surface area (Å²) in [5, 5.41) is 11.6. The molecule has 1 aromatic carbocycles. The Labute approximate surface area is 121 Å². The van der Waals surface area contributed by atoms with Crippen molar-refractivity contribution >= 4 is 23.7 Å². The van der Waals surface area contributed by atoms with Gasteiger partial charge in [0.2, 0.25) is 0 Å². The van der Waals surface area contributed by atoms with Gasteiger partial charge in [-0.3, -0.25) is 4.79 Å². The summed E-state index contributed by atoms with van der Waals surface area (Å²) in [5.74, 6) is -1.77. The molecule has 1 atom stereocenters. The second kappa shape index (κ2) is 6.25. The molecule has 1 aliphatic rings. The summed E-state index contributed by atoms with van der Waals surface area (Å²) in [6.45, 7) is 0.703. The smallest absolute Gasteiger partial charge is 0.337 e. The number of nitrogens with one attached hydrogen (secondary N) is 1. The molecule has 0 bridgehead atoms. The highest BCUT2D eigenvalue weighted by Crippen LogP contribution is 2.20. The number of ether oxygens (including phenoxy) is 1. The summed E-state index contributed by atoms with van der Waals surface area (Å²) < 4.78 is 4.66. The number of hydrogen-bond donors (Lipinski definition) is 2. The van der Waals surface area contributed by atoms with Crippen molar-refractivity contribution < 1.29 is 24.2 Å². The summed E-state index contributed by atoms with van der Waals surface area (Å²) in [6.07, 6.45) is 0.542. The van der Waals surface area contributed by atoms with Gasteiger partial charge in [0.25, 0.3) is 0 Å². The minimum Gasteiger partial charge on any atom is -0.478 e. The lowest BCUT2D eigenvalue weighted by Crippen LogP contribution is -2.34. The fraction of sp³-hybridized carbons (Fsp3) is 0.357. The van der Waals surface area contributed by atoms with E-state index >= 15 is 0 Å². The molecule has 0 aliphatic carbocycles. The molecule has 7 nitrogen and oxygen atoms in total. The van der Waals surface area contributed by atoms with E-state index < -0.39 is 12.0 Å². The van der Waals surface area contributed by atoms with E-state index in [4.69, 9.17) is 5.11 Å². The number of likely N-dealkylation sites (tertiary alicyclic amines) is 1.